The van der Waals surface area contributed by atoms with Crippen LogP contribution in [0.4, 0.5) is 14.5 Å². The van der Waals surface area contributed by atoms with Gasteiger partial charge in [0, 0.05) is 41.1 Å². The third kappa shape index (κ3) is 5.53. The third-order valence-electron chi connectivity index (χ3n) is 7.53. The zero-order valence-electron chi connectivity index (χ0n) is 23.4. The summed E-state index contributed by atoms with van der Waals surface area (Å²) >= 11 is 0. The molecule has 1 amide bonds. The Morgan fingerprint density at radius 1 is 1.02 bits per heavy atom. The van der Waals surface area contributed by atoms with Gasteiger partial charge in [-0.25, -0.2) is 22.2 Å². The number of hydrogen-bond acceptors (Lipinski definition) is 7. The fourth-order valence-electron chi connectivity index (χ4n) is 5.18. The van der Waals surface area contributed by atoms with Gasteiger partial charge in [0.25, 0.3) is 0 Å². The number of nitrogens with zero attached hydrogens (tertiary/aromatic N) is 4. The number of imidazole rings is 1. The molecule has 0 spiro atoms. The van der Waals surface area contributed by atoms with Gasteiger partial charge in [-0.1, -0.05) is 0 Å². The normalized spacial score (nSPS) is 13.5. The lowest BCUT2D eigenvalue weighted by Crippen LogP contribution is -2.13. The molecule has 7 rings (SSSR count). The zero-order valence-corrected chi connectivity index (χ0v) is 24.2. The number of pyridine rings is 2. The first kappa shape index (κ1) is 27.8. The van der Waals surface area contributed by atoms with E-state index >= 15 is 4.39 Å². The van der Waals surface area contributed by atoms with Crippen LogP contribution in [0.25, 0.3) is 55.8 Å². The van der Waals surface area contributed by atoms with Crippen molar-refractivity contribution in [1.82, 2.24) is 30.1 Å². The highest BCUT2D eigenvalue weighted by Gasteiger charge is 2.29. The van der Waals surface area contributed by atoms with Gasteiger partial charge in [-0.2, -0.15) is 5.10 Å². The lowest BCUT2D eigenvalue weighted by molar-refractivity contribution is -0.117. The second-order valence-corrected chi connectivity index (χ2v) is 13.3. The van der Waals surface area contributed by atoms with Crippen molar-refractivity contribution in [2.45, 2.75) is 19.3 Å². The molecule has 0 bridgehead atoms. The number of carbonyl (C=O) groups is 1. The van der Waals surface area contributed by atoms with Crippen molar-refractivity contribution in [2.75, 3.05) is 17.3 Å². The molecule has 1 fully saturated rings. The molecule has 1 aliphatic carbocycles. The monoisotopic (exact) mass is 613 g/mol. The Hall–Kier alpha value is -5.04. The summed E-state index contributed by atoms with van der Waals surface area (Å²) in [5.41, 5.74) is 4.65. The minimum absolute atomic E-state index is 0.0308. The Labute approximate surface area is 249 Å². The molecular weight excluding hydrogens is 588 g/mol. The smallest absolute Gasteiger partial charge is 0.227 e. The third-order valence-corrected chi connectivity index (χ3v) is 8.48. The topological polar surface area (TPSA) is 146 Å². The zero-order chi connectivity index (χ0) is 30.6. The Kier molecular flexibility index (Phi) is 6.69. The van der Waals surface area contributed by atoms with Crippen LogP contribution in [0.1, 0.15) is 18.4 Å². The molecule has 4 heterocycles. The van der Waals surface area contributed by atoms with Crippen molar-refractivity contribution < 1.29 is 22.0 Å². The number of fused-ring (bicyclic) bond motifs is 2. The Bertz CT molecular complexity index is 2210. The quantitative estimate of drug-likeness (QED) is 0.207. The molecule has 0 atom stereocenters. The molecule has 13 heteroatoms. The molecule has 0 aliphatic heterocycles. The van der Waals surface area contributed by atoms with E-state index in [0.717, 1.165) is 19.1 Å². The van der Waals surface area contributed by atoms with E-state index in [9.17, 15) is 17.6 Å². The van der Waals surface area contributed by atoms with E-state index in [1.54, 1.807) is 42.9 Å². The number of carbonyl (C=O) groups excluding carboxylic acids is 1. The van der Waals surface area contributed by atoms with E-state index in [-0.39, 0.29) is 29.5 Å². The van der Waals surface area contributed by atoms with Crippen LogP contribution >= 0.6 is 0 Å². The first-order valence-corrected chi connectivity index (χ1v) is 15.9. The Morgan fingerprint density at radius 2 is 1.86 bits per heavy atom. The number of aromatic nitrogens is 6. The maximum atomic E-state index is 15.3. The number of amides is 1. The summed E-state index contributed by atoms with van der Waals surface area (Å²) in [6, 6.07) is 10.9. The minimum atomic E-state index is -3.23. The highest BCUT2D eigenvalue weighted by Crippen LogP contribution is 2.35. The van der Waals surface area contributed by atoms with E-state index in [0.29, 0.717) is 61.6 Å². The van der Waals surface area contributed by atoms with Crippen molar-refractivity contribution in [3.63, 3.8) is 0 Å². The first-order valence-electron chi connectivity index (χ1n) is 13.9. The summed E-state index contributed by atoms with van der Waals surface area (Å²) in [6.07, 6.45) is 7.75. The molecular formula is C31H25F2N7O3S. The van der Waals surface area contributed by atoms with Crippen LogP contribution in [0, 0.1) is 17.6 Å². The molecule has 0 radical (unpaired) electrons. The highest BCUT2D eigenvalue weighted by molar-refractivity contribution is 7.90. The van der Waals surface area contributed by atoms with E-state index in [1.165, 1.54) is 18.2 Å². The Morgan fingerprint density at radius 3 is 2.66 bits per heavy atom. The second-order valence-electron chi connectivity index (χ2n) is 11.0. The fraction of sp³-hybridized carbons (Fsp3) is 0.194. The van der Waals surface area contributed by atoms with Crippen molar-refractivity contribution in [2.24, 2.45) is 5.92 Å². The molecule has 222 valence electrons. The summed E-state index contributed by atoms with van der Waals surface area (Å²) in [5.74, 6) is -0.833. The van der Waals surface area contributed by atoms with Crippen molar-refractivity contribution in [3.05, 3.63) is 78.3 Å². The number of aryl methyl sites for hydroxylation is 1. The maximum absolute atomic E-state index is 15.3. The lowest BCUT2D eigenvalue weighted by Gasteiger charge is -2.07. The molecule has 2 aromatic carbocycles. The molecule has 44 heavy (non-hydrogen) atoms. The number of sulfone groups is 1. The molecule has 10 nitrogen and oxygen atoms in total. The second kappa shape index (κ2) is 10.6. The van der Waals surface area contributed by atoms with Crippen LogP contribution < -0.4 is 5.32 Å². The molecule has 3 N–H and O–H groups in total. The molecule has 0 saturated heterocycles. The molecule has 1 aliphatic rings. The lowest BCUT2D eigenvalue weighted by atomic mass is 10.0. The summed E-state index contributed by atoms with van der Waals surface area (Å²) in [5, 5.41) is 10.4. The van der Waals surface area contributed by atoms with Crippen LogP contribution in [0.15, 0.2) is 61.1 Å². The predicted octanol–water partition coefficient (Wildman–Crippen LogP) is 5.44. The summed E-state index contributed by atoms with van der Waals surface area (Å²) in [6.45, 7) is 0. The van der Waals surface area contributed by atoms with E-state index < -0.39 is 21.5 Å². The van der Waals surface area contributed by atoms with Crippen LogP contribution in [0.2, 0.25) is 0 Å². The van der Waals surface area contributed by atoms with Crippen molar-refractivity contribution in [3.8, 4) is 33.9 Å². The summed E-state index contributed by atoms with van der Waals surface area (Å²) < 4.78 is 53.2. The van der Waals surface area contributed by atoms with Crippen molar-refractivity contribution in [1.29, 1.82) is 0 Å². The number of halogens is 2. The van der Waals surface area contributed by atoms with E-state index in [4.69, 9.17) is 4.98 Å². The van der Waals surface area contributed by atoms with Crippen LogP contribution in [0.3, 0.4) is 0 Å². The summed E-state index contributed by atoms with van der Waals surface area (Å²) in [7, 11) is -3.23. The number of H-pyrrole nitrogens is 2. The standard InChI is InChI=1S/C31H25F2N7O3S/c1-44(42,43)7-5-16-8-19(10-21(32)9-16)26-29-25(4-6-35-26)37-30(38-29)28-23-12-18(13-24(33)27(23)39-40-28)20-11-22(15-34-14-20)36-31(41)17-2-3-17/h4,6,8-15,17H,2-3,5,7H2,1H3,(H,36,41)(H,37,38)(H,39,40). The number of benzene rings is 2. The maximum Gasteiger partial charge on any atom is 0.227 e. The first-order chi connectivity index (χ1) is 21.1. The average molecular weight is 614 g/mol. The van der Waals surface area contributed by atoms with Crippen LogP contribution in [-0.4, -0.2) is 56.5 Å². The Balaban J connectivity index is 1.27. The van der Waals surface area contributed by atoms with Crippen LogP contribution in [-0.2, 0) is 21.1 Å². The predicted molar refractivity (Wildman–Crippen MR) is 162 cm³/mol. The summed E-state index contributed by atoms with van der Waals surface area (Å²) in [4.78, 5) is 28.9. The van der Waals surface area contributed by atoms with Gasteiger partial charge >= 0.3 is 0 Å². The highest BCUT2D eigenvalue weighted by atomic mass is 32.2. The SMILES string of the molecule is CS(=O)(=O)CCc1cc(F)cc(-c2nccc3[nH]c(-c4[nH]nc5c(F)cc(-c6cncc(NC(=O)C7CC7)c6)cc45)nc23)c1. The van der Waals surface area contributed by atoms with Gasteiger partial charge in [-0.15, -0.1) is 0 Å². The van der Waals surface area contributed by atoms with E-state index in [2.05, 4.69) is 30.5 Å². The number of rotatable bonds is 8. The largest absolute Gasteiger partial charge is 0.337 e. The molecule has 0 unspecified atom stereocenters. The van der Waals surface area contributed by atoms with Gasteiger partial charge in [-0.05, 0) is 72.9 Å². The molecule has 1 saturated carbocycles. The number of aromatic amines is 2. The number of anilines is 1. The minimum Gasteiger partial charge on any atom is -0.337 e. The number of hydrogen-bond donors (Lipinski definition) is 3. The molecule has 6 aromatic rings. The van der Waals surface area contributed by atoms with Crippen molar-refractivity contribution >= 4 is 43.4 Å². The average Bonchev–Trinajstić information content (AvgIpc) is 3.61. The van der Waals surface area contributed by atoms with Gasteiger partial charge in [0.2, 0.25) is 5.91 Å². The van der Waals surface area contributed by atoms with Gasteiger partial charge in [0.05, 0.1) is 28.8 Å². The van der Waals surface area contributed by atoms with E-state index in [1.807, 2.05) is 0 Å². The van der Waals surface area contributed by atoms with Gasteiger partial charge < -0.3 is 10.3 Å². The fourth-order valence-corrected chi connectivity index (χ4v) is 5.78. The van der Waals surface area contributed by atoms with Gasteiger partial charge in [0.15, 0.2) is 11.6 Å². The number of nitrogens with one attached hydrogen (secondary N) is 3. The van der Waals surface area contributed by atoms with Crippen LogP contribution in [0.5, 0.6) is 0 Å². The molecule has 4 aromatic heterocycles. The van der Waals surface area contributed by atoms with Gasteiger partial charge in [-0.3, -0.25) is 19.9 Å². The van der Waals surface area contributed by atoms with Gasteiger partial charge in [0.1, 0.15) is 32.4 Å².